The number of esters is 4. The monoisotopic (exact) mass is 1310 g/mol. The molecule has 0 aromatic heterocycles. The van der Waals surface area contributed by atoms with Crippen LogP contribution in [0.25, 0.3) is 0 Å². The second kappa shape index (κ2) is 35.7. The highest BCUT2D eigenvalue weighted by Crippen LogP contribution is 2.31. The van der Waals surface area contributed by atoms with Crippen LogP contribution in [0.3, 0.4) is 0 Å². The number of amides is 4. The van der Waals surface area contributed by atoms with E-state index in [1.54, 1.807) is 34.6 Å². The van der Waals surface area contributed by atoms with Gasteiger partial charge in [0.05, 0.1) is 0 Å². The van der Waals surface area contributed by atoms with Crippen molar-refractivity contribution in [3.05, 3.63) is 70.8 Å². The quantitative estimate of drug-likeness (QED) is 0.0515. The number of likely N-dealkylation sites (N-methyl/N-ethyl adjacent to an activating group) is 4. The number of halogens is 2. The van der Waals surface area contributed by atoms with E-state index in [4.69, 9.17) is 33.2 Å². The van der Waals surface area contributed by atoms with Gasteiger partial charge in [-0.2, -0.15) is 0 Å². The Balaban J connectivity index is 1.67. The first-order chi connectivity index (χ1) is 43.3. The number of alkyl halides is 2. The molecule has 0 unspecified atom stereocenters. The molecular formula is C70H106F2N4O17. The highest BCUT2D eigenvalue weighted by Gasteiger charge is 2.44. The number of rotatable bonds is 33. The van der Waals surface area contributed by atoms with Crippen LogP contribution in [-0.4, -0.2) is 199 Å². The Morgan fingerprint density at radius 3 is 1.23 bits per heavy atom. The largest absolute Gasteiger partial charge is 0.479 e. The number of carboxylic acid groups (broad SMARTS) is 1. The van der Waals surface area contributed by atoms with Gasteiger partial charge in [-0.15, -0.1) is 0 Å². The van der Waals surface area contributed by atoms with Crippen LogP contribution in [0.1, 0.15) is 195 Å². The second-order valence-corrected chi connectivity index (χ2v) is 28.1. The van der Waals surface area contributed by atoms with Gasteiger partial charge >= 0.3 is 35.9 Å². The predicted molar refractivity (Wildman–Crippen MR) is 344 cm³/mol. The summed E-state index contributed by atoms with van der Waals surface area (Å²) in [5, 5.41) is 9.58. The molecule has 2 aromatic rings. The number of hydrogen-bond donors (Lipinski definition) is 1. The molecule has 2 aliphatic heterocycles. The topological polar surface area (TPSA) is 251 Å². The number of carboxylic acids is 1. The highest BCUT2D eigenvalue weighted by molar-refractivity contribution is 5.93. The summed E-state index contributed by atoms with van der Waals surface area (Å²) in [7, 11) is 5.08. The van der Waals surface area contributed by atoms with Crippen LogP contribution in [-0.2, 0) is 84.4 Å². The van der Waals surface area contributed by atoms with Crippen LogP contribution in [0.4, 0.5) is 13.6 Å². The smallest absolute Gasteiger partial charge is 0.410 e. The van der Waals surface area contributed by atoms with Crippen LogP contribution in [0.5, 0.6) is 0 Å². The minimum absolute atomic E-state index is 0.0320. The van der Waals surface area contributed by atoms with Gasteiger partial charge in [0.15, 0.2) is 24.4 Å². The van der Waals surface area contributed by atoms with Crippen LogP contribution in [0.2, 0.25) is 0 Å². The van der Waals surface area contributed by atoms with Gasteiger partial charge in [-0.25, -0.2) is 37.5 Å². The molecule has 2 fully saturated rings. The normalized spacial score (nSPS) is 16.9. The summed E-state index contributed by atoms with van der Waals surface area (Å²) in [6.07, 6.45) is -4.66. The van der Waals surface area contributed by atoms with Crippen molar-refractivity contribution in [2.24, 2.45) is 11.8 Å². The lowest BCUT2D eigenvalue weighted by Crippen LogP contribution is -2.54. The van der Waals surface area contributed by atoms with Gasteiger partial charge in [-0.3, -0.25) is 19.3 Å². The van der Waals surface area contributed by atoms with Gasteiger partial charge in [-0.05, 0) is 179 Å². The number of nitrogens with zero attached hydrogens (tertiary/aromatic N) is 4. The molecule has 21 nitrogen and oxygen atoms in total. The summed E-state index contributed by atoms with van der Waals surface area (Å²) < 4.78 is 71.4. The fraction of sp³-hybridized carbons (Fsp3) is 0.700. The number of benzene rings is 2. The van der Waals surface area contributed by atoms with Crippen molar-refractivity contribution in [1.29, 1.82) is 0 Å². The van der Waals surface area contributed by atoms with Gasteiger partial charge in [-0.1, -0.05) is 76.2 Å². The molecule has 0 spiro atoms. The average molecular weight is 1310 g/mol. The Morgan fingerprint density at radius 1 is 0.484 bits per heavy atom. The molecule has 522 valence electrons. The zero-order chi connectivity index (χ0) is 69.9. The van der Waals surface area contributed by atoms with Gasteiger partial charge in [0.2, 0.25) is 0 Å². The SMILES string of the molecule is CC(C)CC[C@@H](C(=O)O[C@H](C)C(=O)O)N(C)C(=O)[C@@H](CCc1ccc(C2CCOCC2)cc1)OC(=O)[C@H](CC(C)(C)F)N(C)C(=O)[C@@H](C)OC(=O)[C@H](CC(C)C)N(C)C(=O)[C@@H](CCc1ccc(C2CCOCC2)cc1)OC(=O)[C@H](CC(C)(C)F)N(C)C(=O)OC(C)(C)C. The number of carbonyl (C=O) groups excluding carboxylic acids is 8. The fourth-order valence-corrected chi connectivity index (χ4v) is 11.2. The van der Waals surface area contributed by atoms with E-state index in [2.05, 4.69) is 0 Å². The molecule has 2 aromatic carbocycles. The molecule has 0 bridgehead atoms. The van der Waals surface area contributed by atoms with Crippen molar-refractivity contribution >= 4 is 53.7 Å². The van der Waals surface area contributed by atoms with Crippen molar-refractivity contribution in [2.45, 2.75) is 251 Å². The lowest BCUT2D eigenvalue weighted by molar-refractivity contribution is -0.175. The van der Waals surface area contributed by atoms with E-state index in [9.17, 15) is 48.3 Å². The Morgan fingerprint density at radius 2 is 0.849 bits per heavy atom. The molecule has 2 aliphatic rings. The third-order valence-corrected chi connectivity index (χ3v) is 16.8. The number of aliphatic carboxylic acids is 1. The molecule has 1 N–H and O–H groups in total. The van der Waals surface area contributed by atoms with E-state index >= 15 is 8.78 Å². The van der Waals surface area contributed by atoms with E-state index < -0.39 is 132 Å². The lowest BCUT2D eigenvalue weighted by Gasteiger charge is -2.35. The first kappa shape index (κ1) is 78.7. The minimum atomic E-state index is -2.15. The summed E-state index contributed by atoms with van der Waals surface area (Å²) in [6.45, 7) is 22.0. The van der Waals surface area contributed by atoms with E-state index in [0.29, 0.717) is 44.7 Å². The van der Waals surface area contributed by atoms with Gasteiger partial charge in [0.1, 0.15) is 41.1 Å². The molecule has 8 atom stereocenters. The molecule has 2 saturated heterocycles. The third-order valence-electron chi connectivity index (χ3n) is 16.8. The number of ether oxygens (including phenoxy) is 7. The Bertz CT molecular complexity index is 2780. The van der Waals surface area contributed by atoms with Crippen molar-refractivity contribution < 1.29 is 90.2 Å². The molecular weight excluding hydrogens is 1210 g/mol. The maximum atomic E-state index is 16.0. The Kier molecular flexibility index (Phi) is 30.2. The summed E-state index contributed by atoms with van der Waals surface area (Å²) in [6, 6.07) is 9.57. The van der Waals surface area contributed by atoms with Gasteiger partial charge < -0.3 is 53.0 Å². The summed E-state index contributed by atoms with van der Waals surface area (Å²) in [5.74, 6) is -8.12. The average Bonchev–Trinajstić information content (AvgIpc) is 0.923. The first-order valence-corrected chi connectivity index (χ1v) is 32.8. The predicted octanol–water partition coefficient (Wildman–Crippen LogP) is 10.3. The van der Waals surface area contributed by atoms with Crippen LogP contribution < -0.4 is 0 Å². The number of carbonyl (C=O) groups is 9. The Labute approximate surface area is 549 Å². The molecule has 0 radical (unpaired) electrons. The summed E-state index contributed by atoms with van der Waals surface area (Å²) in [4.78, 5) is 131. The van der Waals surface area contributed by atoms with Gasteiger partial charge in [0, 0.05) is 67.5 Å². The third kappa shape index (κ3) is 25.8. The molecule has 4 rings (SSSR count). The zero-order valence-electron chi connectivity index (χ0n) is 58.1. The first-order valence-electron chi connectivity index (χ1n) is 32.8. The molecule has 2 heterocycles. The maximum absolute atomic E-state index is 16.0. The van der Waals surface area contributed by atoms with E-state index in [-0.39, 0.29) is 50.4 Å². The van der Waals surface area contributed by atoms with Crippen LogP contribution in [0, 0.1) is 11.8 Å². The summed E-state index contributed by atoms with van der Waals surface area (Å²) >= 11 is 0. The lowest BCUT2D eigenvalue weighted by atomic mass is 9.90. The van der Waals surface area contributed by atoms with Crippen LogP contribution >= 0.6 is 0 Å². The maximum Gasteiger partial charge on any atom is 0.410 e. The van der Waals surface area contributed by atoms with Crippen LogP contribution in [0.15, 0.2) is 48.5 Å². The van der Waals surface area contributed by atoms with Crippen molar-refractivity contribution in [2.75, 3.05) is 54.6 Å². The van der Waals surface area contributed by atoms with E-state index in [1.165, 1.54) is 69.7 Å². The Hall–Kier alpha value is -6.75. The van der Waals surface area contributed by atoms with E-state index in [0.717, 1.165) is 67.5 Å². The summed E-state index contributed by atoms with van der Waals surface area (Å²) in [5.41, 5.74) is -1.36. The highest BCUT2D eigenvalue weighted by atomic mass is 19.1. The van der Waals surface area contributed by atoms with Gasteiger partial charge in [0.25, 0.3) is 17.7 Å². The van der Waals surface area contributed by atoms with Crippen molar-refractivity contribution in [3.8, 4) is 0 Å². The fourth-order valence-electron chi connectivity index (χ4n) is 11.2. The number of hydrogen-bond acceptors (Lipinski definition) is 16. The van der Waals surface area contributed by atoms with Crippen molar-refractivity contribution in [3.63, 3.8) is 0 Å². The molecule has 93 heavy (non-hydrogen) atoms. The van der Waals surface area contributed by atoms with Crippen molar-refractivity contribution in [1.82, 2.24) is 19.6 Å². The number of aryl methyl sites for hydroxylation is 2. The molecule has 0 aliphatic carbocycles. The molecule has 0 saturated carbocycles. The second-order valence-electron chi connectivity index (χ2n) is 28.1. The molecule has 4 amide bonds. The molecule has 23 heteroatoms. The minimum Gasteiger partial charge on any atom is -0.479 e. The van der Waals surface area contributed by atoms with E-state index in [1.807, 2.05) is 62.4 Å². The zero-order valence-corrected chi connectivity index (χ0v) is 58.1. The standard InChI is InChI=1S/C70H106F2N4O17/c1-43(2)18-29-53(63(82)90-46(6)62(80)81)73(14)60(78)57(30-23-47-19-25-49(26-20-47)51-32-36-87-37-33-51)91-65(84)55(41-69(10,11)71)75(16)59(77)45(5)89-64(83)54(40-44(3)4)74(15)61(79)58(31-24-48-21-27-50(28-22-48)52-34-38-88-39-35-52)92-66(85)56(42-70(12,13)72)76(17)67(86)93-68(7,8)9/h19-22,25-28,43-46,51-58H,18,23-24,29-42H2,1-17H3,(H,80,81)/t45-,46-,53+,54+,55+,56+,57-,58-/m1/s1.